The molecule has 0 bridgehead atoms. The quantitative estimate of drug-likeness (QED) is 0.919. The number of nitrogens with zero attached hydrogens (tertiary/aromatic N) is 2. The van der Waals surface area contributed by atoms with Gasteiger partial charge in [0.05, 0.1) is 11.4 Å². The predicted octanol–water partition coefficient (Wildman–Crippen LogP) is 2.71. The van der Waals surface area contributed by atoms with Crippen molar-refractivity contribution < 1.29 is 0 Å². The van der Waals surface area contributed by atoms with Crippen LogP contribution in [0.2, 0.25) is 0 Å². The molecule has 3 nitrogen and oxygen atoms in total. The topological polar surface area (TPSA) is 32.5 Å². The lowest BCUT2D eigenvalue weighted by Gasteiger charge is -2.40. The van der Waals surface area contributed by atoms with Crippen molar-refractivity contribution in [2.75, 3.05) is 43.0 Å². The van der Waals surface area contributed by atoms with E-state index in [0.29, 0.717) is 0 Å². The third-order valence-electron chi connectivity index (χ3n) is 5.12. The zero-order valence-corrected chi connectivity index (χ0v) is 12.6. The molecule has 110 valence electrons. The van der Waals surface area contributed by atoms with Crippen molar-refractivity contribution in [2.45, 2.75) is 25.7 Å². The van der Waals surface area contributed by atoms with Crippen LogP contribution in [-0.2, 0) is 0 Å². The molecule has 20 heavy (non-hydrogen) atoms. The highest BCUT2D eigenvalue weighted by molar-refractivity contribution is 5.73. The minimum absolute atomic E-state index is 0.783. The third-order valence-corrected chi connectivity index (χ3v) is 5.12. The van der Waals surface area contributed by atoms with Crippen LogP contribution < -0.4 is 15.5 Å². The summed E-state index contributed by atoms with van der Waals surface area (Å²) in [5, 5.41) is 0. The van der Waals surface area contributed by atoms with Crippen LogP contribution in [-0.4, -0.2) is 33.2 Å². The van der Waals surface area contributed by atoms with Crippen LogP contribution in [0.4, 0.5) is 11.4 Å². The maximum Gasteiger partial charge on any atom is 0.0604 e. The fraction of sp³-hybridized carbons (Fsp3) is 0.647. The fourth-order valence-electron chi connectivity index (χ4n) is 3.72. The van der Waals surface area contributed by atoms with Gasteiger partial charge in [0.2, 0.25) is 0 Å². The Morgan fingerprint density at radius 1 is 1.00 bits per heavy atom. The van der Waals surface area contributed by atoms with E-state index in [4.69, 9.17) is 5.73 Å². The van der Waals surface area contributed by atoms with Gasteiger partial charge in [-0.05, 0) is 56.2 Å². The molecular formula is C17H27N3. The van der Waals surface area contributed by atoms with Crippen LogP contribution >= 0.6 is 0 Å². The number of likely N-dealkylation sites (N-methyl/N-ethyl adjacent to an activating group) is 1. The normalized spacial score (nSPS) is 26.5. The lowest BCUT2D eigenvalue weighted by atomic mass is 9.81. The first-order chi connectivity index (χ1) is 9.78. The van der Waals surface area contributed by atoms with Crippen molar-refractivity contribution in [1.82, 2.24) is 0 Å². The first kappa shape index (κ1) is 13.7. The van der Waals surface area contributed by atoms with Crippen LogP contribution in [0.3, 0.4) is 0 Å². The van der Waals surface area contributed by atoms with E-state index in [1.807, 2.05) is 0 Å². The van der Waals surface area contributed by atoms with E-state index < -0.39 is 0 Å². The zero-order valence-electron chi connectivity index (χ0n) is 12.6. The van der Waals surface area contributed by atoms with Crippen molar-refractivity contribution in [3.8, 4) is 0 Å². The Labute approximate surface area is 122 Å². The highest BCUT2D eigenvalue weighted by atomic mass is 15.2. The fourth-order valence-corrected chi connectivity index (χ4v) is 3.72. The van der Waals surface area contributed by atoms with Gasteiger partial charge >= 0.3 is 0 Å². The highest BCUT2D eigenvalue weighted by Gasteiger charge is 2.25. The Balaban J connectivity index is 1.66. The van der Waals surface area contributed by atoms with E-state index in [0.717, 1.165) is 31.5 Å². The van der Waals surface area contributed by atoms with Crippen molar-refractivity contribution >= 4 is 11.4 Å². The molecule has 0 saturated heterocycles. The molecule has 2 aliphatic rings. The number of rotatable bonds is 3. The van der Waals surface area contributed by atoms with Crippen LogP contribution in [0, 0.1) is 11.8 Å². The molecule has 1 aliphatic heterocycles. The first-order valence-electron chi connectivity index (χ1n) is 8.03. The summed E-state index contributed by atoms with van der Waals surface area (Å²) < 4.78 is 0. The first-order valence-corrected chi connectivity index (χ1v) is 8.03. The molecule has 0 unspecified atom stereocenters. The summed E-state index contributed by atoms with van der Waals surface area (Å²) in [4.78, 5) is 4.97. The van der Waals surface area contributed by atoms with Gasteiger partial charge in [0, 0.05) is 26.7 Å². The van der Waals surface area contributed by atoms with Gasteiger partial charge in [-0.2, -0.15) is 0 Å². The zero-order chi connectivity index (χ0) is 13.9. The van der Waals surface area contributed by atoms with Crippen LogP contribution in [0.5, 0.6) is 0 Å². The van der Waals surface area contributed by atoms with Gasteiger partial charge in [-0.3, -0.25) is 0 Å². The standard InChI is InChI=1S/C17H27N3/c1-19-10-11-20(17-5-3-2-4-16(17)19)13-15-8-6-14(12-18)7-9-15/h2-5,14-15H,6-13,18H2,1H3. The third kappa shape index (κ3) is 2.78. The van der Waals surface area contributed by atoms with Gasteiger partial charge < -0.3 is 15.5 Å². The van der Waals surface area contributed by atoms with Crippen LogP contribution in [0.25, 0.3) is 0 Å². The minimum atomic E-state index is 0.783. The number of hydrogen-bond acceptors (Lipinski definition) is 3. The Morgan fingerprint density at radius 3 is 2.35 bits per heavy atom. The summed E-state index contributed by atoms with van der Waals surface area (Å²) in [5.74, 6) is 1.64. The SMILES string of the molecule is CN1CCN(CC2CCC(CN)CC2)c2ccccc21. The molecule has 0 radical (unpaired) electrons. The monoisotopic (exact) mass is 273 g/mol. The number of fused-ring (bicyclic) bond motifs is 1. The van der Waals surface area contributed by atoms with E-state index in [1.54, 1.807) is 0 Å². The summed E-state index contributed by atoms with van der Waals surface area (Å²) >= 11 is 0. The lowest BCUT2D eigenvalue weighted by Crippen LogP contribution is -2.42. The van der Waals surface area contributed by atoms with Gasteiger partial charge in [-0.25, -0.2) is 0 Å². The second kappa shape index (κ2) is 6.04. The summed E-state index contributed by atoms with van der Waals surface area (Å²) in [6, 6.07) is 8.82. The van der Waals surface area contributed by atoms with E-state index >= 15 is 0 Å². The van der Waals surface area contributed by atoms with Crippen molar-refractivity contribution in [3.05, 3.63) is 24.3 Å². The van der Waals surface area contributed by atoms with Gasteiger partial charge in [0.25, 0.3) is 0 Å². The van der Waals surface area contributed by atoms with Crippen molar-refractivity contribution in [2.24, 2.45) is 17.6 Å². The van der Waals surface area contributed by atoms with Crippen LogP contribution in [0.1, 0.15) is 25.7 Å². The van der Waals surface area contributed by atoms with Gasteiger partial charge in [0.15, 0.2) is 0 Å². The Bertz CT molecular complexity index is 438. The Morgan fingerprint density at radius 2 is 1.65 bits per heavy atom. The molecule has 0 spiro atoms. The highest BCUT2D eigenvalue weighted by Crippen LogP contribution is 2.35. The number of anilines is 2. The Kier molecular flexibility index (Phi) is 4.16. The summed E-state index contributed by atoms with van der Waals surface area (Å²) in [7, 11) is 2.20. The molecule has 3 heteroatoms. The number of para-hydroxylation sites is 2. The van der Waals surface area contributed by atoms with Gasteiger partial charge in [0.1, 0.15) is 0 Å². The van der Waals surface area contributed by atoms with Crippen molar-refractivity contribution in [1.29, 1.82) is 0 Å². The maximum atomic E-state index is 5.80. The molecule has 1 aromatic carbocycles. The van der Waals surface area contributed by atoms with E-state index in [9.17, 15) is 0 Å². The average molecular weight is 273 g/mol. The molecule has 1 heterocycles. The molecule has 1 aromatic rings. The lowest BCUT2D eigenvalue weighted by molar-refractivity contribution is 0.281. The molecule has 3 rings (SSSR count). The van der Waals surface area contributed by atoms with E-state index in [2.05, 4.69) is 41.1 Å². The molecule has 1 aliphatic carbocycles. The van der Waals surface area contributed by atoms with Crippen molar-refractivity contribution in [3.63, 3.8) is 0 Å². The van der Waals surface area contributed by atoms with E-state index in [-0.39, 0.29) is 0 Å². The molecular weight excluding hydrogens is 246 g/mol. The molecule has 0 amide bonds. The average Bonchev–Trinajstić information content (AvgIpc) is 2.51. The number of hydrogen-bond donors (Lipinski definition) is 1. The predicted molar refractivity (Wildman–Crippen MR) is 86.4 cm³/mol. The summed E-state index contributed by atoms with van der Waals surface area (Å²) in [6.07, 6.45) is 5.37. The smallest absolute Gasteiger partial charge is 0.0604 e. The largest absolute Gasteiger partial charge is 0.371 e. The number of benzene rings is 1. The molecule has 1 saturated carbocycles. The summed E-state index contributed by atoms with van der Waals surface area (Å²) in [5.41, 5.74) is 8.60. The second-order valence-corrected chi connectivity index (χ2v) is 6.48. The van der Waals surface area contributed by atoms with Gasteiger partial charge in [-0.15, -0.1) is 0 Å². The molecule has 0 aromatic heterocycles. The van der Waals surface area contributed by atoms with Crippen LogP contribution in [0.15, 0.2) is 24.3 Å². The summed E-state index contributed by atoms with van der Waals surface area (Å²) in [6.45, 7) is 4.39. The molecule has 2 N–H and O–H groups in total. The second-order valence-electron chi connectivity index (χ2n) is 6.48. The molecule has 1 fully saturated rings. The van der Waals surface area contributed by atoms with E-state index in [1.165, 1.54) is 43.6 Å². The number of nitrogens with two attached hydrogens (primary N) is 1. The minimum Gasteiger partial charge on any atom is -0.371 e. The maximum absolute atomic E-state index is 5.80. The molecule has 0 atom stereocenters. The van der Waals surface area contributed by atoms with Gasteiger partial charge in [-0.1, -0.05) is 12.1 Å². The Hall–Kier alpha value is -1.22.